The number of hydrogen-bond acceptors (Lipinski definition) is 3. The Bertz CT molecular complexity index is 255. The van der Waals surface area contributed by atoms with Crippen molar-refractivity contribution in [3.8, 4) is 0 Å². The molecule has 0 saturated carbocycles. The van der Waals surface area contributed by atoms with E-state index in [1.165, 1.54) is 30.6 Å². The molecular weight excluding hydrogens is 206 g/mol. The molecule has 1 aliphatic heterocycles. The van der Waals surface area contributed by atoms with E-state index in [4.69, 9.17) is 4.74 Å². The fourth-order valence-corrected chi connectivity index (χ4v) is 2.63. The molecule has 0 radical (unpaired) electrons. The van der Waals surface area contributed by atoms with E-state index in [1.807, 2.05) is 11.3 Å². The summed E-state index contributed by atoms with van der Waals surface area (Å²) < 4.78 is 5.58. The molecule has 0 aliphatic carbocycles. The van der Waals surface area contributed by atoms with Gasteiger partial charge in [0.15, 0.2) is 0 Å². The average molecular weight is 225 g/mol. The van der Waals surface area contributed by atoms with Crippen LogP contribution < -0.4 is 5.32 Å². The number of rotatable bonds is 6. The molecule has 1 aliphatic rings. The van der Waals surface area contributed by atoms with Gasteiger partial charge in [-0.2, -0.15) is 0 Å². The second kappa shape index (κ2) is 6.26. The first kappa shape index (κ1) is 11.1. The lowest BCUT2D eigenvalue weighted by Crippen LogP contribution is -2.16. The third-order valence-corrected chi connectivity index (χ3v) is 3.66. The zero-order valence-corrected chi connectivity index (χ0v) is 9.89. The normalized spacial score (nSPS) is 20.9. The summed E-state index contributed by atoms with van der Waals surface area (Å²) in [5, 5.41) is 5.59. The van der Waals surface area contributed by atoms with E-state index in [9.17, 15) is 0 Å². The average Bonchev–Trinajstić information content (AvgIpc) is 2.88. The molecule has 1 atom stereocenters. The lowest BCUT2D eigenvalue weighted by Gasteiger charge is -2.08. The van der Waals surface area contributed by atoms with E-state index in [0.717, 1.165) is 19.7 Å². The second-order valence-corrected chi connectivity index (χ2v) is 5.07. The fourth-order valence-electron chi connectivity index (χ4n) is 1.95. The van der Waals surface area contributed by atoms with Crippen molar-refractivity contribution in [1.82, 2.24) is 5.32 Å². The highest BCUT2D eigenvalue weighted by molar-refractivity contribution is 7.09. The minimum atomic E-state index is 0.550. The molecule has 3 heteroatoms. The van der Waals surface area contributed by atoms with Gasteiger partial charge in [0.1, 0.15) is 0 Å². The maximum absolute atomic E-state index is 5.58. The number of nitrogens with one attached hydrogen (secondary N) is 1. The minimum Gasteiger partial charge on any atom is -0.378 e. The van der Waals surface area contributed by atoms with Gasteiger partial charge in [0.25, 0.3) is 0 Å². The monoisotopic (exact) mass is 225 g/mol. The highest BCUT2D eigenvalue weighted by Gasteiger charge is 2.14. The Hall–Kier alpha value is -0.380. The summed E-state index contributed by atoms with van der Waals surface area (Å²) >= 11 is 1.82. The molecule has 2 nitrogen and oxygen atoms in total. The minimum absolute atomic E-state index is 0.550. The molecule has 84 valence electrons. The number of thiophene rings is 1. The fraction of sp³-hybridized carbons (Fsp3) is 0.667. The molecule has 1 N–H and O–H groups in total. The van der Waals surface area contributed by atoms with Crippen LogP contribution in [-0.2, 0) is 11.3 Å². The molecule has 0 amide bonds. The maximum Gasteiger partial charge on any atom is 0.0576 e. The molecule has 2 heterocycles. The smallest absolute Gasteiger partial charge is 0.0576 e. The maximum atomic E-state index is 5.58. The molecule has 1 aromatic heterocycles. The van der Waals surface area contributed by atoms with Crippen molar-refractivity contribution in [2.75, 3.05) is 13.2 Å². The summed E-state index contributed by atoms with van der Waals surface area (Å²) in [5.41, 5.74) is 0. The lowest BCUT2D eigenvalue weighted by molar-refractivity contribution is 0.102. The highest BCUT2D eigenvalue weighted by Crippen LogP contribution is 2.16. The largest absolute Gasteiger partial charge is 0.378 e. The lowest BCUT2D eigenvalue weighted by atomic mass is 10.1. The van der Waals surface area contributed by atoms with Gasteiger partial charge < -0.3 is 10.1 Å². The van der Waals surface area contributed by atoms with E-state index in [0.29, 0.717) is 6.10 Å². The van der Waals surface area contributed by atoms with Crippen LogP contribution in [0.5, 0.6) is 0 Å². The van der Waals surface area contributed by atoms with Crippen LogP contribution in [0.3, 0.4) is 0 Å². The first-order valence-corrected chi connectivity index (χ1v) is 6.68. The summed E-state index contributed by atoms with van der Waals surface area (Å²) in [6.45, 7) is 3.11. The predicted molar refractivity (Wildman–Crippen MR) is 64.2 cm³/mol. The standard InChI is InChI=1S/C12H19NOS/c1(4-11-5-2-8-14-11)7-13-10-12-6-3-9-15-12/h3,6,9,11,13H,1-2,4-5,7-8,10H2. The Labute approximate surface area is 95.6 Å². The Morgan fingerprint density at radius 1 is 1.53 bits per heavy atom. The van der Waals surface area contributed by atoms with Crippen LogP contribution in [0.25, 0.3) is 0 Å². The van der Waals surface area contributed by atoms with Crippen LogP contribution in [-0.4, -0.2) is 19.3 Å². The van der Waals surface area contributed by atoms with E-state index in [-0.39, 0.29) is 0 Å². The molecular formula is C12H19NOS. The Kier molecular flexibility index (Phi) is 4.64. The van der Waals surface area contributed by atoms with E-state index in [2.05, 4.69) is 22.8 Å². The quantitative estimate of drug-likeness (QED) is 0.752. The Morgan fingerprint density at radius 3 is 3.27 bits per heavy atom. The zero-order valence-electron chi connectivity index (χ0n) is 9.08. The third-order valence-electron chi connectivity index (χ3n) is 2.78. The second-order valence-electron chi connectivity index (χ2n) is 4.03. The molecule has 1 aromatic rings. The van der Waals surface area contributed by atoms with Crippen molar-refractivity contribution in [2.45, 2.75) is 38.3 Å². The van der Waals surface area contributed by atoms with Crippen molar-refractivity contribution in [3.63, 3.8) is 0 Å². The molecule has 1 unspecified atom stereocenters. The Morgan fingerprint density at radius 2 is 2.53 bits per heavy atom. The first-order chi connectivity index (χ1) is 7.45. The topological polar surface area (TPSA) is 21.3 Å². The van der Waals surface area contributed by atoms with Gasteiger partial charge in [-0.05, 0) is 43.7 Å². The van der Waals surface area contributed by atoms with Crippen LogP contribution in [0.1, 0.15) is 30.6 Å². The van der Waals surface area contributed by atoms with Gasteiger partial charge in [0, 0.05) is 18.0 Å². The van der Waals surface area contributed by atoms with Gasteiger partial charge in [-0.3, -0.25) is 0 Å². The van der Waals surface area contributed by atoms with E-state index < -0.39 is 0 Å². The highest BCUT2D eigenvalue weighted by atomic mass is 32.1. The van der Waals surface area contributed by atoms with Gasteiger partial charge >= 0.3 is 0 Å². The van der Waals surface area contributed by atoms with Crippen molar-refractivity contribution >= 4 is 11.3 Å². The molecule has 0 spiro atoms. The van der Waals surface area contributed by atoms with Crippen LogP contribution >= 0.6 is 11.3 Å². The Balaban J connectivity index is 1.48. The predicted octanol–water partition coefficient (Wildman–Crippen LogP) is 2.80. The summed E-state index contributed by atoms with van der Waals surface area (Å²) in [7, 11) is 0. The van der Waals surface area contributed by atoms with E-state index in [1.54, 1.807) is 0 Å². The zero-order chi connectivity index (χ0) is 10.3. The van der Waals surface area contributed by atoms with Gasteiger partial charge in [-0.15, -0.1) is 11.3 Å². The summed E-state index contributed by atoms with van der Waals surface area (Å²) in [5.74, 6) is 0. The molecule has 1 saturated heterocycles. The van der Waals surface area contributed by atoms with Gasteiger partial charge in [0.05, 0.1) is 6.10 Å². The van der Waals surface area contributed by atoms with Crippen molar-refractivity contribution in [1.29, 1.82) is 0 Å². The first-order valence-electron chi connectivity index (χ1n) is 5.80. The third kappa shape index (κ3) is 3.93. The molecule has 1 fully saturated rings. The number of ether oxygens (including phenoxy) is 1. The van der Waals surface area contributed by atoms with Crippen molar-refractivity contribution in [3.05, 3.63) is 22.4 Å². The van der Waals surface area contributed by atoms with Gasteiger partial charge in [-0.1, -0.05) is 6.07 Å². The van der Waals surface area contributed by atoms with E-state index >= 15 is 0 Å². The SMILES string of the molecule is c1csc(CNCCCC2CCCO2)c1. The van der Waals surface area contributed by atoms with Gasteiger partial charge in [-0.25, -0.2) is 0 Å². The van der Waals surface area contributed by atoms with Crippen LogP contribution in [0, 0.1) is 0 Å². The molecule has 0 aromatic carbocycles. The molecule has 0 bridgehead atoms. The number of hydrogen-bond donors (Lipinski definition) is 1. The molecule has 15 heavy (non-hydrogen) atoms. The summed E-state index contributed by atoms with van der Waals surface area (Å²) in [6.07, 6.45) is 5.53. The molecule has 2 rings (SSSR count). The van der Waals surface area contributed by atoms with Crippen LogP contribution in [0.4, 0.5) is 0 Å². The summed E-state index contributed by atoms with van der Waals surface area (Å²) in [4.78, 5) is 1.42. The van der Waals surface area contributed by atoms with Crippen LogP contribution in [0.2, 0.25) is 0 Å². The van der Waals surface area contributed by atoms with Gasteiger partial charge in [0.2, 0.25) is 0 Å². The van der Waals surface area contributed by atoms with Crippen molar-refractivity contribution < 1.29 is 4.74 Å². The summed E-state index contributed by atoms with van der Waals surface area (Å²) in [6, 6.07) is 4.28. The van der Waals surface area contributed by atoms with Crippen LogP contribution in [0.15, 0.2) is 17.5 Å². The van der Waals surface area contributed by atoms with Crippen molar-refractivity contribution in [2.24, 2.45) is 0 Å².